The van der Waals surface area contributed by atoms with Crippen molar-refractivity contribution in [2.45, 2.75) is 13.3 Å². The second kappa shape index (κ2) is 10.2. The molecule has 0 radical (unpaired) electrons. The lowest BCUT2D eigenvalue weighted by atomic mass is 9.92. The van der Waals surface area contributed by atoms with Crippen molar-refractivity contribution in [2.75, 3.05) is 44.7 Å². The first-order valence-corrected chi connectivity index (χ1v) is 12.4. The van der Waals surface area contributed by atoms with Gasteiger partial charge in [-0.15, -0.1) is 0 Å². The van der Waals surface area contributed by atoms with Crippen LogP contribution >= 0.6 is 11.6 Å². The molecule has 1 fully saturated rings. The number of benzene rings is 3. The predicted octanol–water partition coefficient (Wildman–Crippen LogP) is 6.38. The van der Waals surface area contributed by atoms with E-state index in [1.807, 2.05) is 43.3 Å². The molecule has 35 heavy (non-hydrogen) atoms. The highest BCUT2D eigenvalue weighted by Gasteiger charge is 2.19. The summed E-state index contributed by atoms with van der Waals surface area (Å²) in [5.41, 5.74) is 6.31. The Morgan fingerprint density at radius 3 is 2.37 bits per heavy atom. The third kappa shape index (κ3) is 5.26. The molecule has 4 nitrogen and oxygen atoms in total. The van der Waals surface area contributed by atoms with Crippen molar-refractivity contribution in [3.8, 4) is 16.9 Å². The van der Waals surface area contributed by atoms with E-state index in [0.717, 1.165) is 65.2 Å². The zero-order valence-corrected chi connectivity index (χ0v) is 20.9. The summed E-state index contributed by atoms with van der Waals surface area (Å²) in [7, 11) is 2.16. The van der Waals surface area contributed by atoms with Crippen molar-refractivity contribution in [2.24, 2.45) is 0 Å². The Labute approximate surface area is 210 Å². The molecule has 4 aromatic rings. The Hall–Kier alpha value is -3.15. The molecule has 0 saturated carbocycles. The number of aryl methyl sites for hydroxylation is 1. The van der Waals surface area contributed by atoms with Gasteiger partial charge in [0.1, 0.15) is 11.6 Å². The van der Waals surface area contributed by atoms with Crippen LogP contribution in [0.25, 0.3) is 22.0 Å². The molecular formula is C29H29ClFN3O. The number of anilines is 1. The second-order valence-corrected chi connectivity index (χ2v) is 9.54. The first-order valence-electron chi connectivity index (χ1n) is 12.0. The maximum atomic E-state index is 13.8. The SMILES string of the molecule is Cc1nc2ccc(N3CCN(C)CC3)cc2c(-c2ccc(F)cc2)c1CCOc1ccc(Cl)cc1. The van der Waals surface area contributed by atoms with E-state index in [1.54, 1.807) is 0 Å². The predicted molar refractivity (Wildman–Crippen MR) is 142 cm³/mol. The highest BCUT2D eigenvalue weighted by atomic mass is 35.5. The highest BCUT2D eigenvalue weighted by molar-refractivity contribution is 6.30. The normalized spacial score (nSPS) is 14.5. The van der Waals surface area contributed by atoms with Crippen LogP contribution in [-0.2, 0) is 6.42 Å². The van der Waals surface area contributed by atoms with Crippen LogP contribution in [-0.4, -0.2) is 49.7 Å². The molecule has 0 N–H and O–H groups in total. The molecule has 0 aliphatic carbocycles. The zero-order chi connectivity index (χ0) is 24.4. The lowest BCUT2D eigenvalue weighted by molar-refractivity contribution is 0.313. The van der Waals surface area contributed by atoms with Crippen LogP contribution in [0.15, 0.2) is 66.7 Å². The number of likely N-dealkylation sites (N-methyl/N-ethyl adjacent to an activating group) is 1. The largest absolute Gasteiger partial charge is 0.493 e. The van der Waals surface area contributed by atoms with Gasteiger partial charge in [-0.1, -0.05) is 23.7 Å². The number of rotatable bonds is 6. The van der Waals surface area contributed by atoms with Crippen molar-refractivity contribution in [3.05, 3.63) is 88.8 Å². The standard InChI is InChI=1S/C29H29ClFN3O/c1-20-26(13-18-35-25-10-5-22(30)6-11-25)29(21-3-7-23(31)8-4-21)27-19-24(9-12-28(27)32-20)34-16-14-33(2)15-17-34/h3-12,19H,13-18H2,1-2H3. The van der Waals surface area contributed by atoms with E-state index in [0.29, 0.717) is 18.1 Å². The van der Waals surface area contributed by atoms with Gasteiger partial charge in [0.2, 0.25) is 0 Å². The summed E-state index contributed by atoms with van der Waals surface area (Å²) in [5.74, 6) is 0.538. The monoisotopic (exact) mass is 489 g/mol. The van der Waals surface area contributed by atoms with Crippen molar-refractivity contribution >= 4 is 28.2 Å². The average Bonchev–Trinajstić information content (AvgIpc) is 2.86. The summed E-state index contributed by atoms with van der Waals surface area (Å²) in [6.45, 7) is 6.62. The summed E-state index contributed by atoms with van der Waals surface area (Å²) in [6, 6.07) is 20.7. The molecule has 3 aromatic carbocycles. The van der Waals surface area contributed by atoms with Gasteiger partial charge in [0.25, 0.3) is 0 Å². The van der Waals surface area contributed by atoms with Gasteiger partial charge in [-0.2, -0.15) is 0 Å². The Morgan fingerprint density at radius 2 is 1.66 bits per heavy atom. The smallest absolute Gasteiger partial charge is 0.123 e. The maximum Gasteiger partial charge on any atom is 0.123 e. The lowest BCUT2D eigenvalue weighted by Crippen LogP contribution is -2.44. The number of piperazine rings is 1. The van der Waals surface area contributed by atoms with Gasteiger partial charge >= 0.3 is 0 Å². The van der Waals surface area contributed by atoms with Gasteiger partial charge in [-0.05, 0) is 85.3 Å². The third-order valence-electron chi connectivity index (χ3n) is 6.71. The summed E-state index contributed by atoms with van der Waals surface area (Å²) < 4.78 is 19.8. The molecule has 1 aliphatic heterocycles. The number of hydrogen-bond donors (Lipinski definition) is 0. The second-order valence-electron chi connectivity index (χ2n) is 9.10. The number of aromatic nitrogens is 1. The number of ether oxygens (including phenoxy) is 1. The Morgan fingerprint density at radius 1 is 0.943 bits per heavy atom. The van der Waals surface area contributed by atoms with E-state index < -0.39 is 0 Å². The highest BCUT2D eigenvalue weighted by Crippen LogP contribution is 2.36. The van der Waals surface area contributed by atoms with Crippen LogP contribution in [0.1, 0.15) is 11.3 Å². The zero-order valence-electron chi connectivity index (χ0n) is 20.1. The van der Waals surface area contributed by atoms with E-state index in [4.69, 9.17) is 21.3 Å². The molecule has 0 amide bonds. The van der Waals surface area contributed by atoms with Gasteiger partial charge in [0, 0.05) is 54.4 Å². The maximum absolute atomic E-state index is 13.8. The fourth-order valence-corrected chi connectivity index (χ4v) is 4.85. The minimum absolute atomic E-state index is 0.241. The Kier molecular flexibility index (Phi) is 6.89. The summed E-state index contributed by atoms with van der Waals surface area (Å²) >= 11 is 6.00. The van der Waals surface area contributed by atoms with E-state index >= 15 is 0 Å². The molecule has 5 rings (SSSR count). The molecule has 2 heterocycles. The van der Waals surface area contributed by atoms with Crippen LogP contribution in [0, 0.1) is 12.7 Å². The third-order valence-corrected chi connectivity index (χ3v) is 6.96. The van der Waals surface area contributed by atoms with E-state index in [-0.39, 0.29) is 5.82 Å². The van der Waals surface area contributed by atoms with Crippen LogP contribution in [0.5, 0.6) is 5.75 Å². The minimum Gasteiger partial charge on any atom is -0.493 e. The minimum atomic E-state index is -0.241. The van der Waals surface area contributed by atoms with Crippen LogP contribution in [0.4, 0.5) is 10.1 Å². The van der Waals surface area contributed by atoms with Gasteiger partial charge < -0.3 is 14.5 Å². The summed E-state index contributed by atoms with van der Waals surface area (Å²) in [4.78, 5) is 9.72. The molecule has 1 aromatic heterocycles. The van der Waals surface area contributed by atoms with Crippen molar-refractivity contribution in [1.82, 2.24) is 9.88 Å². The van der Waals surface area contributed by atoms with Crippen LogP contribution in [0.3, 0.4) is 0 Å². The van der Waals surface area contributed by atoms with Gasteiger partial charge in [0.05, 0.1) is 12.1 Å². The lowest BCUT2D eigenvalue weighted by Gasteiger charge is -2.34. The van der Waals surface area contributed by atoms with Crippen molar-refractivity contribution in [3.63, 3.8) is 0 Å². The quantitative estimate of drug-likeness (QED) is 0.314. The molecular weight excluding hydrogens is 461 g/mol. The molecule has 0 unspecified atom stereocenters. The fourth-order valence-electron chi connectivity index (χ4n) is 4.73. The first kappa shape index (κ1) is 23.6. The van der Waals surface area contributed by atoms with Crippen LogP contribution in [0.2, 0.25) is 5.02 Å². The van der Waals surface area contributed by atoms with Crippen LogP contribution < -0.4 is 9.64 Å². The first-order chi connectivity index (χ1) is 17.0. The molecule has 0 spiro atoms. The van der Waals surface area contributed by atoms with E-state index in [9.17, 15) is 4.39 Å². The van der Waals surface area contributed by atoms with Gasteiger partial charge in [-0.25, -0.2) is 4.39 Å². The molecule has 0 bridgehead atoms. The molecule has 180 valence electrons. The molecule has 1 aliphatic rings. The summed E-state index contributed by atoms with van der Waals surface area (Å²) in [5, 5.41) is 1.77. The number of halogens is 2. The molecule has 0 atom stereocenters. The number of fused-ring (bicyclic) bond motifs is 1. The number of hydrogen-bond acceptors (Lipinski definition) is 4. The van der Waals surface area contributed by atoms with Gasteiger partial charge in [0.15, 0.2) is 0 Å². The number of nitrogens with zero attached hydrogens (tertiary/aromatic N) is 3. The van der Waals surface area contributed by atoms with E-state index in [1.165, 1.54) is 17.8 Å². The molecule has 1 saturated heterocycles. The molecule has 6 heteroatoms. The number of pyridine rings is 1. The Balaban J connectivity index is 1.54. The summed E-state index contributed by atoms with van der Waals surface area (Å²) in [6.07, 6.45) is 0.683. The van der Waals surface area contributed by atoms with Crippen molar-refractivity contribution < 1.29 is 9.13 Å². The van der Waals surface area contributed by atoms with Crippen molar-refractivity contribution in [1.29, 1.82) is 0 Å². The fraction of sp³-hybridized carbons (Fsp3) is 0.276. The Bertz CT molecular complexity index is 1320. The topological polar surface area (TPSA) is 28.6 Å². The van der Waals surface area contributed by atoms with Gasteiger partial charge in [-0.3, -0.25) is 4.98 Å². The average molecular weight is 490 g/mol. The van der Waals surface area contributed by atoms with E-state index in [2.05, 4.69) is 35.0 Å².